The molecule has 0 atom stereocenters. The zero-order valence-corrected chi connectivity index (χ0v) is 58.5. The fourth-order valence-electron chi connectivity index (χ4n) is 11.4. The molecule has 6 aromatic carbocycles. The second-order valence-corrected chi connectivity index (χ2v) is 24.9. The highest BCUT2D eigenvalue weighted by Crippen LogP contribution is 2.28. The van der Waals surface area contributed by atoms with Gasteiger partial charge in [-0.05, 0) is 141 Å². The molecule has 0 spiro atoms. The van der Waals surface area contributed by atoms with Crippen molar-refractivity contribution >= 4 is 147 Å². The van der Waals surface area contributed by atoms with E-state index in [1.165, 1.54) is 69.4 Å². The van der Waals surface area contributed by atoms with Gasteiger partial charge >= 0.3 is 5.97 Å². The maximum Gasteiger partial charge on any atom is 0.340 e. The van der Waals surface area contributed by atoms with Crippen LogP contribution in [0.5, 0.6) is 0 Å². The predicted octanol–water partition coefficient (Wildman–Crippen LogP) is 13.6. The number of aromatic nitrogens is 12. The van der Waals surface area contributed by atoms with Crippen LogP contribution in [-0.4, -0.2) is 82.1 Å². The number of nitrogen functional groups attached to an aromatic ring is 3. The van der Waals surface area contributed by atoms with Crippen LogP contribution >= 0.6 is 47.2 Å². The number of carbonyl (C=O) groups is 3. The number of amides is 2. The van der Waals surface area contributed by atoms with Crippen LogP contribution in [0.25, 0.3) is 65.0 Å². The van der Waals surface area contributed by atoms with Gasteiger partial charge in [-0.15, -0.1) is 12.4 Å². The van der Waals surface area contributed by atoms with Crippen molar-refractivity contribution in [2.75, 3.05) is 17.2 Å². The quantitative estimate of drug-likeness (QED) is 0.0531. The van der Waals surface area contributed by atoms with E-state index in [4.69, 9.17) is 68.1 Å². The summed E-state index contributed by atoms with van der Waals surface area (Å²) in [5.41, 5.74) is 28.0. The molecule has 0 saturated heterocycles. The molecule has 9 heterocycles. The van der Waals surface area contributed by atoms with Gasteiger partial charge < -0.3 is 38.7 Å². The van der Waals surface area contributed by atoms with Crippen molar-refractivity contribution in [2.24, 2.45) is 5.73 Å². The number of carbonyl (C=O) groups excluding carboxylic acids is 2. The molecule has 0 aliphatic carbocycles. The maximum atomic E-state index is 14.5. The third kappa shape index (κ3) is 17.9. The molecule has 32 heteroatoms. The van der Waals surface area contributed by atoms with E-state index in [2.05, 4.69) is 55.8 Å². The van der Waals surface area contributed by atoms with Crippen molar-refractivity contribution in [2.45, 2.75) is 46.7 Å². The number of benzene rings is 6. The van der Waals surface area contributed by atoms with Crippen molar-refractivity contribution < 1.29 is 32.7 Å². The number of fused-ring (bicyclic) bond motifs is 6. The molecule has 25 nitrogen and oxygen atoms in total. The van der Waals surface area contributed by atoms with E-state index >= 15 is 0 Å². The van der Waals surface area contributed by atoms with Crippen LogP contribution in [0.3, 0.4) is 0 Å². The lowest BCUT2D eigenvalue weighted by Gasteiger charge is -2.07. The zero-order valence-electron chi connectivity index (χ0n) is 55.4. The first kappa shape index (κ1) is 77.2. The van der Waals surface area contributed by atoms with Crippen LogP contribution < -0.4 is 33.6 Å². The lowest BCUT2D eigenvalue weighted by atomic mass is 10.1. The predicted molar refractivity (Wildman–Crippen MR) is 408 cm³/mol. The highest BCUT2D eigenvalue weighted by molar-refractivity contribution is 6.31. The van der Waals surface area contributed by atoms with Gasteiger partial charge in [0.25, 0.3) is 11.8 Å². The smallest absolute Gasteiger partial charge is 0.340 e. The number of carboxylic acids is 1. The minimum Gasteiger partial charge on any atom is -0.478 e. The molecule has 0 aliphatic rings. The summed E-state index contributed by atoms with van der Waals surface area (Å²) in [5.74, 6) is -2.18. The van der Waals surface area contributed by atoms with Crippen molar-refractivity contribution in [1.29, 1.82) is 15.8 Å². The molecule has 0 saturated carbocycles. The second-order valence-electron chi connectivity index (χ2n) is 23.6. The van der Waals surface area contributed by atoms with E-state index in [1.54, 1.807) is 61.1 Å². The number of halogens is 7. The summed E-state index contributed by atoms with van der Waals surface area (Å²) >= 11 is 17.8. The Labute approximate surface area is 632 Å². The molecule has 11 N–H and O–H groups in total. The molecular formula is C76H58Cl4F3N21O4. The van der Waals surface area contributed by atoms with Gasteiger partial charge in [0, 0.05) is 108 Å². The number of rotatable bonds is 14. The van der Waals surface area contributed by atoms with Gasteiger partial charge in [-0.3, -0.25) is 38.6 Å². The zero-order chi connectivity index (χ0) is 74.9. The normalized spacial score (nSPS) is 10.7. The molecule has 15 aromatic rings. The Morgan fingerprint density at radius 3 is 1.06 bits per heavy atom. The number of pyridine rings is 6. The minimum atomic E-state index is -1.24. The Morgan fingerprint density at radius 1 is 0.435 bits per heavy atom. The highest BCUT2D eigenvalue weighted by Gasteiger charge is 2.21. The van der Waals surface area contributed by atoms with E-state index in [1.807, 2.05) is 84.9 Å². The number of carboxylic acid groups (broad SMARTS) is 1. The number of nitrogens with one attached hydrogen (secondary N) is 2. The monoisotopic (exact) mass is 1530 g/mol. The Balaban J connectivity index is 0.000000161. The molecule has 9 aromatic heterocycles. The Bertz CT molecular complexity index is 5890. The van der Waals surface area contributed by atoms with E-state index in [0.717, 1.165) is 49.0 Å². The lowest BCUT2D eigenvalue weighted by molar-refractivity contribution is 0.0695. The minimum absolute atomic E-state index is 0. The van der Waals surface area contributed by atoms with Crippen LogP contribution in [0.1, 0.15) is 89.0 Å². The van der Waals surface area contributed by atoms with Crippen LogP contribution in [0.4, 0.5) is 30.6 Å². The molecular weight excluding hydrogens is 1470 g/mol. The van der Waals surface area contributed by atoms with Crippen LogP contribution in [-0.2, 0) is 39.3 Å². The highest BCUT2D eigenvalue weighted by atomic mass is 35.5. The Hall–Kier alpha value is -13.4. The summed E-state index contributed by atoms with van der Waals surface area (Å²) in [6.07, 6.45) is 13.3. The lowest BCUT2D eigenvalue weighted by Crippen LogP contribution is -2.23. The Kier molecular flexibility index (Phi) is 24.3. The van der Waals surface area contributed by atoms with Crippen LogP contribution in [0.15, 0.2) is 183 Å². The summed E-state index contributed by atoms with van der Waals surface area (Å²) < 4.78 is 47.2. The average molecular weight is 1530 g/mol. The molecule has 0 unspecified atom stereocenters. The molecule has 0 radical (unpaired) electrons. The first-order chi connectivity index (χ1) is 51.1. The first-order valence-corrected chi connectivity index (χ1v) is 32.8. The van der Waals surface area contributed by atoms with E-state index < -0.39 is 35.2 Å². The molecule has 2 amide bonds. The van der Waals surface area contributed by atoms with Gasteiger partial charge in [0.05, 0.1) is 45.8 Å². The van der Waals surface area contributed by atoms with Crippen molar-refractivity contribution in [3.8, 4) is 18.2 Å². The number of hydrogen-bond donors (Lipinski definition) is 7. The SMILES string of the molecule is C.Cl.N#Cc1nn(Cc2cc(F)c3ncc(Cl)cc3c2)cc1C(=O)NCc1ccc2c(N)nccc2c1.N#Cc1nn(Cc2cc(F)c3ncc(Cl)cc3c2)cc1C(=O)NCc1ccc2c(N)nccc2c1.N#Cc1nn(Cc2cc(F)c3ncc(Cl)cc3c2)cc1C(=O)O.NCc1ccc2c(N)nccc2c1. The number of nitriles is 3. The molecule has 0 fully saturated rings. The summed E-state index contributed by atoms with van der Waals surface area (Å²) in [6, 6.07) is 42.4. The molecule has 0 bridgehead atoms. The van der Waals surface area contributed by atoms with Gasteiger partial charge in [-0.1, -0.05) is 78.6 Å². The average Bonchev–Trinajstić information content (AvgIpc) is 0.872. The summed E-state index contributed by atoms with van der Waals surface area (Å²) in [4.78, 5) is 60.8. The third-order valence-electron chi connectivity index (χ3n) is 16.4. The van der Waals surface area contributed by atoms with Gasteiger partial charge in [-0.2, -0.15) is 31.1 Å². The maximum absolute atomic E-state index is 14.5. The van der Waals surface area contributed by atoms with E-state index in [9.17, 15) is 38.1 Å². The third-order valence-corrected chi connectivity index (χ3v) is 17.0. The van der Waals surface area contributed by atoms with Gasteiger partial charge in [-0.25, -0.2) is 32.9 Å². The fraction of sp³-hybridized carbons (Fsp3) is 0.0921. The first-order valence-electron chi connectivity index (χ1n) is 31.6. The van der Waals surface area contributed by atoms with Crippen molar-refractivity contribution in [1.82, 2.24) is 69.9 Å². The number of anilines is 3. The summed E-state index contributed by atoms with van der Waals surface area (Å²) in [7, 11) is 0. The van der Waals surface area contributed by atoms with Gasteiger partial charge in [0.15, 0.2) is 17.1 Å². The largest absolute Gasteiger partial charge is 0.478 e. The Morgan fingerprint density at radius 2 is 0.741 bits per heavy atom. The topological polar surface area (TPSA) is 402 Å². The fourth-order valence-corrected chi connectivity index (χ4v) is 11.9. The van der Waals surface area contributed by atoms with Crippen molar-refractivity contribution in [3.63, 3.8) is 0 Å². The number of nitrogens with zero attached hydrogens (tertiary/aromatic N) is 15. The number of aromatic carboxylic acids is 1. The van der Waals surface area contributed by atoms with E-state index in [-0.39, 0.29) is 103 Å². The molecule has 0 aliphatic heterocycles. The van der Waals surface area contributed by atoms with E-state index in [0.29, 0.717) is 71.9 Å². The summed E-state index contributed by atoms with van der Waals surface area (Å²) in [6.45, 7) is 1.47. The molecule has 540 valence electrons. The van der Waals surface area contributed by atoms with Gasteiger partial charge in [0.2, 0.25) is 0 Å². The standard InChI is InChI=1S/2C25H17ClFN7O.C15H8ClFN4O2.C10H11N3.CH4.ClH/c2*26-18-8-17-6-15(7-21(27)23(17)31-11-18)12-34-13-20(22(9-28)33-34)25(35)32-10-14-1-2-19-16(5-14)3-4-30-24(19)29;16-10-3-9-1-8(2-12(17)14(9)19-5-10)6-21-7-11(15(22)23)13(4-18)20-21;11-6-7-1-2-9-8(5-7)3-4-13-10(9)12;;/h2*1-8,11,13H,10,12H2,(H2,29,30)(H,32,35);1-3,5,7H,6H2,(H,22,23);1-5H,6,11H2,(H2,12,13);1H4;1H. The van der Waals surface area contributed by atoms with Gasteiger partial charge in [0.1, 0.15) is 75.2 Å². The molecule has 108 heavy (non-hydrogen) atoms. The number of hydrogen-bond acceptors (Lipinski definition) is 19. The van der Waals surface area contributed by atoms with Crippen molar-refractivity contribution in [3.05, 3.63) is 283 Å². The molecule has 15 rings (SSSR count). The van der Waals surface area contributed by atoms with Crippen LogP contribution in [0, 0.1) is 51.4 Å². The second kappa shape index (κ2) is 34.0. The summed E-state index contributed by atoms with van der Waals surface area (Å²) in [5, 5.41) is 63.1. The van der Waals surface area contributed by atoms with Crippen LogP contribution in [0.2, 0.25) is 15.1 Å². The number of nitrogens with two attached hydrogens (primary N) is 4.